The Hall–Kier alpha value is -3.30. The summed E-state index contributed by atoms with van der Waals surface area (Å²) < 4.78 is 0.981. The summed E-state index contributed by atoms with van der Waals surface area (Å²) in [5, 5.41) is 5.72. The third-order valence-electron chi connectivity index (χ3n) is 4.65. The summed E-state index contributed by atoms with van der Waals surface area (Å²) in [6.45, 7) is 1.61. The Morgan fingerprint density at radius 3 is 2.65 bits per heavy atom. The molecule has 3 amide bonds. The normalized spacial score (nSPS) is 11.7. The molecule has 0 aliphatic carbocycles. The van der Waals surface area contributed by atoms with Gasteiger partial charge in [0.1, 0.15) is 0 Å². The van der Waals surface area contributed by atoms with E-state index < -0.39 is 17.9 Å². The molecule has 2 aromatic carbocycles. The van der Waals surface area contributed by atoms with Gasteiger partial charge in [-0.2, -0.15) is 0 Å². The fraction of sp³-hybridized carbons (Fsp3) is 0.273. The molecule has 0 aliphatic heterocycles. The van der Waals surface area contributed by atoms with E-state index in [1.807, 2.05) is 55.5 Å². The number of hydrogen-bond acceptors (Lipinski definition) is 6. The molecule has 0 radical (unpaired) electrons. The van der Waals surface area contributed by atoms with Gasteiger partial charge in [0.05, 0.1) is 29.3 Å². The van der Waals surface area contributed by atoms with Gasteiger partial charge in [0.25, 0.3) is 0 Å². The highest BCUT2D eigenvalue weighted by atomic mass is 32.1. The number of thiazole rings is 1. The minimum Gasteiger partial charge on any atom is -0.346 e. The zero-order chi connectivity index (χ0) is 22.4. The average Bonchev–Trinajstić information content (AvgIpc) is 3.13. The third kappa shape index (κ3) is 6.34. The van der Waals surface area contributed by atoms with Crippen LogP contribution in [0.2, 0.25) is 0 Å². The lowest BCUT2D eigenvalue weighted by molar-refractivity contribution is -0.134. The van der Waals surface area contributed by atoms with E-state index in [0.29, 0.717) is 11.6 Å². The van der Waals surface area contributed by atoms with Crippen LogP contribution in [0.4, 0.5) is 5.13 Å². The summed E-state index contributed by atoms with van der Waals surface area (Å²) in [6, 6.07) is 14.5. The van der Waals surface area contributed by atoms with Gasteiger partial charge in [0.2, 0.25) is 17.7 Å². The Balaban J connectivity index is 1.44. The van der Waals surface area contributed by atoms with Gasteiger partial charge in [0, 0.05) is 7.05 Å². The van der Waals surface area contributed by atoms with E-state index in [0.717, 1.165) is 21.3 Å². The van der Waals surface area contributed by atoms with Crippen molar-refractivity contribution < 1.29 is 14.4 Å². The Morgan fingerprint density at radius 2 is 1.90 bits per heavy atom. The molecule has 0 fully saturated rings. The minimum atomic E-state index is -0.758. The molecule has 1 heterocycles. The lowest BCUT2D eigenvalue weighted by atomic mass is 10.1. The molecule has 0 bridgehead atoms. The van der Waals surface area contributed by atoms with Crippen LogP contribution in [0, 0.1) is 6.92 Å². The summed E-state index contributed by atoms with van der Waals surface area (Å²) in [4.78, 5) is 42.3. The highest BCUT2D eigenvalue weighted by molar-refractivity contribution is 7.22. The standard InChI is InChI=1S/C22H25N5O3S/c1-14-8-9-17-18(10-14)31-22(25-17)26-19(28)13-27(2)20(29)12-24-21(30)16(23)11-15-6-4-3-5-7-15/h3-10,16H,11-13,23H2,1-2H3,(H,24,30)(H,25,26,28)/t16-/m0/s1. The number of likely N-dealkylation sites (N-methyl/N-ethyl adjacent to an activating group) is 1. The van der Waals surface area contributed by atoms with E-state index in [2.05, 4.69) is 15.6 Å². The first kappa shape index (κ1) is 22.4. The first-order valence-corrected chi connectivity index (χ1v) is 10.6. The molecule has 31 heavy (non-hydrogen) atoms. The lowest BCUT2D eigenvalue weighted by Gasteiger charge is -2.18. The molecule has 9 heteroatoms. The Morgan fingerprint density at radius 1 is 1.16 bits per heavy atom. The second-order valence-corrected chi connectivity index (χ2v) is 8.33. The number of aryl methyl sites for hydroxylation is 1. The number of aromatic nitrogens is 1. The van der Waals surface area contributed by atoms with Crippen LogP contribution in [0.3, 0.4) is 0 Å². The maximum atomic E-state index is 12.3. The molecule has 0 saturated heterocycles. The monoisotopic (exact) mass is 439 g/mol. The number of fused-ring (bicyclic) bond motifs is 1. The summed E-state index contributed by atoms with van der Waals surface area (Å²) in [7, 11) is 1.50. The molecular formula is C22H25N5O3S. The maximum absolute atomic E-state index is 12.3. The molecule has 0 saturated carbocycles. The van der Waals surface area contributed by atoms with Crippen molar-refractivity contribution in [1.29, 1.82) is 0 Å². The summed E-state index contributed by atoms with van der Waals surface area (Å²) in [5.74, 6) is -1.17. The number of carbonyl (C=O) groups is 3. The van der Waals surface area contributed by atoms with Gasteiger partial charge in [-0.05, 0) is 36.6 Å². The van der Waals surface area contributed by atoms with Crippen molar-refractivity contribution in [3.8, 4) is 0 Å². The SMILES string of the molecule is Cc1ccc2nc(NC(=O)CN(C)C(=O)CNC(=O)[C@@H](N)Cc3ccccc3)sc2c1. The van der Waals surface area contributed by atoms with Crippen LogP contribution in [-0.4, -0.2) is 53.8 Å². The predicted molar refractivity (Wildman–Crippen MR) is 122 cm³/mol. The molecule has 4 N–H and O–H groups in total. The van der Waals surface area contributed by atoms with Crippen molar-refractivity contribution in [3.63, 3.8) is 0 Å². The summed E-state index contributed by atoms with van der Waals surface area (Å²) in [6.07, 6.45) is 0.376. The maximum Gasteiger partial charge on any atom is 0.245 e. The third-order valence-corrected chi connectivity index (χ3v) is 5.58. The smallest absolute Gasteiger partial charge is 0.245 e. The number of nitrogens with zero attached hydrogens (tertiary/aromatic N) is 2. The number of carbonyl (C=O) groups excluding carboxylic acids is 3. The van der Waals surface area contributed by atoms with E-state index in [1.165, 1.54) is 23.3 Å². The first-order chi connectivity index (χ1) is 14.8. The molecule has 0 spiro atoms. The van der Waals surface area contributed by atoms with Crippen LogP contribution in [0.5, 0.6) is 0 Å². The number of rotatable bonds is 8. The fourth-order valence-electron chi connectivity index (χ4n) is 2.94. The molecule has 1 aromatic heterocycles. The first-order valence-electron chi connectivity index (χ1n) is 9.80. The number of benzene rings is 2. The van der Waals surface area contributed by atoms with Crippen molar-refractivity contribution in [2.24, 2.45) is 5.73 Å². The Bertz CT molecular complexity index is 1080. The number of anilines is 1. The van der Waals surface area contributed by atoms with Crippen molar-refractivity contribution in [3.05, 3.63) is 59.7 Å². The summed E-state index contributed by atoms with van der Waals surface area (Å²) in [5.41, 5.74) is 8.78. The van der Waals surface area contributed by atoms with Crippen LogP contribution in [0.25, 0.3) is 10.2 Å². The van der Waals surface area contributed by atoms with Gasteiger partial charge in [-0.1, -0.05) is 47.7 Å². The summed E-state index contributed by atoms with van der Waals surface area (Å²) >= 11 is 1.38. The van der Waals surface area contributed by atoms with Crippen LogP contribution in [0.15, 0.2) is 48.5 Å². The largest absolute Gasteiger partial charge is 0.346 e. The topological polar surface area (TPSA) is 117 Å². The molecule has 3 rings (SSSR count). The van der Waals surface area contributed by atoms with Crippen LogP contribution < -0.4 is 16.4 Å². The highest BCUT2D eigenvalue weighted by Gasteiger charge is 2.18. The minimum absolute atomic E-state index is 0.153. The Kier molecular flexibility index (Phi) is 7.32. The lowest BCUT2D eigenvalue weighted by Crippen LogP contribution is -2.47. The fourth-order valence-corrected chi connectivity index (χ4v) is 3.92. The van der Waals surface area contributed by atoms with Crippen LogP contribution in [0.1, 0.15) is 11.1 Å². The highest BCUT2D eigenvalue weighted by Crippen LogP contribution is 2.26. The van der Waals surface area contributed by atoms with Gasteiger partial charge in [-0.25, -0.2) is 4.98 Å². The zero-order valence-corrected chi connectivity index (χ0v) is 18.2. The Labute approximate surface area is 184 Å². The van der Waals surface area contributed by atoms with Crippen LogP contribution >= 0.6 is 11.3 Å². The molecule has 162 valence electrons. The average molecular weight is 440 g/mol. The molecule has 0 aliphatic rings. The van der Waals surface area contributed by atoms with Gasteiger partial charge < -0.3 is 21.3 Å². The number of nitrogens with two attached hydrogens (primary N) is 1. The van der Waals surface area contributed by atoms with Crippen LogP contribution in [-0.2, 0) is 20.8 Å². The zero-order valence-electron chi connectivity index (χ0n) is 17.4. The van der Waals surface area contributed by atoms with Crippen molar-refractivity contribution in [2.75, 3.05) is 25.5 Å². The van der Waals surface area contributed by atoms with E-state index in [4.69, 9.17) is 5.73 Å². The predicted octanol–water partition coefficient (Wildman–Crippen LogP) is 1.69. The quantitative estimate of drug-likeness (QED) is 0.494. The number of hydrogen-bond donors (Lipinski definition) is 3. The van der Waals surface area contributed by atoms with E-state index in [-0.39, 0.29) is 19.0 Å². The van der Waals surface area contributed by atoms with Crippen molar-refractivity contribution >= 4 is 44.4 Å². The number of nitrogens with one attached hydrogen (secondary N) is 2. The molecule has 8 nitrogen and oxygen atoms in total. The van der Waals surface area contributed by atoms with E-state index in [1.54, 1.807) is 0 Å². The molecular weight excluding hydrogens is 414 g/mol. The second kappa shape index (κ2) is 10.1. The van der Waals surface area contributed by atoms with Gasteiger partial charge >= 0.3 is 0 Å². The van der Waals surface area contributed by atoms with Gasteiger partial charge in [-0.15, -0.1) is 0 Å². The number of amides is 3. The van der Waals surface area contributed by atoms with E-state index in [9.17, 15) is 14.4 Å². The van der Waals surface area contributed by atoms with Gasteiger partial charge in [-0.3, -0.25) is 14.4 Å². The van der Waals surface area contributed by atoms with Crippen molar-refractivity contribution in [2.45, 2.75) is 19.4 Å². The second-order valence-electron chi connectivity index (χ2n) is 7.30. The molecule has 0 unspecified atom stereocenters. The van der Waals surface area contributed by atoms with E-state index >= 15 is 0 Å². The van der Waals surface area contributed by atoms with Gasteiger partial charge in [0.15, 0.2) is 5.13 Å². The molecule has 1 atom stereocenters. The molecule has 3 aromatic rings. The van der Waals surface area contributed by atoms with Crippen molar-refractivity contribution in [1.82, 2.24) is 15.2 Å².